The lowest BCUT2D eigenvalue weighted by Gasteiger charge is -2.30. The average molecular weight is 541 g/mol. The molecule has 0 unspecified atom stereocenters. The van der Waals surface area contributed by atoms with Crippen molar-refractivity contribution in [1.82, 2.24) is 0 Å². The second-order valence-corrected chi connectivity index (χ2v) is 11.5. The van der Waals surface area contributed by atoms with Gasteiger partial charge in [0, 0.05) is 51.9 Å². The van der Waals surface area contributed by atoms with E-state index in [0.717, 1.165) is 45.3 Å². The van der Waals surface area contributed by atoms with Crippen LogP contribution in [-0.2, 0) is 25.0 Å². The Morgan fingerprint density at radius 2 is 1.17 bits per heavy atom. The van der Waals surface area contributed by atoms with E-state index in [-0.39, 0.29) is 5.41 Å². The summed E-state index contributed by atoms with van der Waals surface area (Å²) in [6.45, 7) is 9.66. The maximum atomic E-state index is 2.53. The lowest BCUT2D eigenvalue weighted by molar-refractivity contribution is -0.689. The van der Waals surface area contributed by atoms with Gasteiger partial charge in [-0.1, -0.05) is 87.4 Å². The minimum absolute atomic E-state index is 0.0391. The van der Waals surface area contributed by atoms with Crippen molar-refractivity contribution >= 4 is 0 Å². The third-order valence-corrected chi connectivity index (χ3v) is 8.80. The molecule has 0 bridgehead atoms. The van der Waals surface area contributed by atoms with Crippen LogP contribution < -0.4 is 13.7 Å². The molecule has 0 spiro atoms. The Labute approximate surface area is 245 Å². The maximum Gasteiger partial charge on any atom is 0.213 e. The van der Waals surface area contributed by atoms with Crippen LogP contribution in [0, 0.1) is 0 Å². The molecule has 3 heterocycles. The van der Waals surface area contributed by atoms with Crippen molar-refractivity contribution in [3.63, 3.8) is 0 Å². The molecular weight excluding hydrogens is 498 g/mol. The number of fused-ring (bicyclic) bond motifs is 3. The van der Waals surface area contributed by atoms with Gasteiger partial charge < -0.3 is 0 Å². The van der Waals surface area contributed by atoms with Crippen LogP contribution in [0.2, 0.25) is 0 Å². The summed E-state index contributed by atoms with van der Waals surface area (Å²) >= 11 is 0. The number of pyridine rings is 3. The quantitative estimate of drug-likeness (QED) is 0.166. The third-order valence-electron chi connectivity index (χ3n) is 8.80. The third kappa shape index (κ3) is 5.22. The number of hydrogen-bond acceptors (Lipinski definition) is 0. The molecule has 0 atom stereocenters. The van der Waals surface area contributed by atoms with Crippen LogP contribution in [-0.4, -0.2) is 0 Å². The van der Waals surface area contributed by atoms with Crippen molar-refractivity contribution < 1.29 is 13.7 Å². The van der Waals surface area contributed by atoms with E-state index < -0.39 is 0 Å². The summed E-state index contributed by atoms with van der Waals surface area (Å²) in [6, 6.07) is 31.0. The SMILES string of the molecule is CCCC1(CCC)c2cc(-c3cc[n+](Cc4ccccc4)cc3)[n+](CC)cc2-c2cc[n+](Cc3ccccc3)cc21. The predicted molar refractivity (Wildman–Crippen MR) is 165 cm³/mol. The fourth-order valence-corrected chi connectivity index (χ4v) is 6.95. The van der Waals surface area contributed by atoms with Gasteiger partial charge in [0.15, 0.2) is 44.1 Å². The Bertz CT molecular complexity index is 1620. The summed E-state index contributed by atoms with van der Waals surface area (Å²) in [6.07, 6.45) is 16.3. The molecule has 1 aliphatic carbocycles. The molecule has 0 fully saturated rings. The van der Waals surface area contributed by atoms with Crippen LogP contribution in [0.15, 0.2) is 116 Å². The first-order valence-electron chi connectivity index (χ1n) is 15.3. The van der Waals surface area contributed by atoms with Gasteiger partial charge in [-0.05, 0) is 25.3 Å². The second kappa shape index (κ2) is 11.8. The fourth-order valence-electron chi connectivity index (χ4n) is 6.95. The first-order valence-corrected chi connectivity index (χ1v) is 15.3. The lowest BCUT2D eigenvalue weighted by atomic mass is 9.72. The normalized spacial score (nSPS) is 13.1. The van der Waals surface area contributed by atoms with Crippen molar-refractivity contribution in [2.24, 2.45) is 0 Å². The zero-order valence-corrected chi connectivity index (χ0v) is 24.8. The number of aryl methyl sites for hydroxylation is 1. The van der Waals surface area contributed by atoms with Crippen molar-refractivity contribution in [1.29, 1.82) is 0 Å². The number of nitrogens with zero attached hydrogens (tertiary/aromatic N) is 3. The highest BCUT2D eigenvalue weighted by atomic mass is 15.0. The first kappa shape index (κ1) is 27.1. The number of rotatable bonds is 10. The maximum absolute atomic E-state index is 2.53. The molecule has 41 heavy (non-hydrogen) atoms. The van der Waals surface area contributed by atoms with Crippen LogP contribution in [0.5, 0.6) is 0 Å². The monoisotopic (exact) mass is 540 g/mol. The number of aromatic nitrogens is 3. The van der Waals surface area contributed by atoms with Crippen molar-refractivity contribution in [2.75, 3.05) is 0 Å². The topological polar surface area (TPSA) is 11.6 Å². The molecule has 0 saturated carbocycles. The van der Waals surface area contributed by atoms with Gasteiger partial charge in [0.05, 0.1) is 11.1 Å². The molecule has 6 rings (SSSR count). The summed E-state index contributed by atoms with van der Waals surface area (Å²) in [4.78, 5) is 0. The van der Waals surface area contributed by atoms with Gasteiger partial charge in [-0.3, -0.25) is 0 Å². The Morgan fingerprint density at radius 3 is 1.76 bits per heavy atom. The second-order valence-electron chi connectivity index (χ2n) is 11.5. The summed E-state index contributed by atoms with van der Waals surface area (Å²) in [5.74, 6) is 0. The van der Waals surface area contributed by atoms with Crippen LogP contribution in [0.3, 0.4) is 0 Å². The molecule has 0 saturated heterocycles. The summed E-state index contributed by atoms with van der Waals surface area (Å²) < 4.78 is 7.10. The van der Waals surface area contributed by atoms with E-state index >= 15 is 0 Å². The minimum atomic E-state index is 0.0391. The van der Waals surface area contributed by atoms with Crippen LogP contribution >= 0.6 is 0 Å². The molecule has 5 aromatic rings. The molecule has 1 aliphatic rings. The van der Waals surface area contributed by atoms with E-state index in [1.165, 1.54) is 44.6 Å². The standard InChI is InChI=1S/C38H42N3/c1-4-20-38(21-5-2)35-25-37(32-17-22-39(23-18-32)26-30-13-9-7-10-14-30)41(6-3)28-34(35)33-19-24-40(29-36(33)38)27-31-15-11-8-12-16-31/h7-19,22-25,28-29H,4-6,20-21,26-27H2,1-3H3/q+3. The number of hydrogen-bond donors (Lipinski definition) is 0. The molecule has 3 aromatic heterocycles. The Hall–Kier alpha value is -4.11. The van der Waals surface area contributed by atoms with Gasteiger partial charge in [0.2, 0.25) is 5.69 Å². The number of benzene rings is 2. The van der Waals surface area contributed by atoms with E-state index in [1.807, 2.05) is 0 Å². The van der Waals surface area contributed by atoms with Gasteiger partial charge in [-0.15, -0.1) is 0 Å². The smallest absolute Gasteiger partial charge is 0.201 e. The van der Waals surface area contributed by atoms with Crippen molar-refractivity contribution in [3.05, 3.63) is 138 Å². The largest absolute Gasteiger partial charge is 0.213 e. The Balaban J connectivity index is 1.43. The molecule has 2 aromatic carbocycles. The molecule has 3 heteroatoms. The van der Waals surface area contributed by atoms with Gasteiger partial charge in [0.25, 0.3) is 0 Å². The molecule has 0 aliphatic heterocycles. The van der Waals surface area contributed by atoms with Gasteiger partial charge in [-0.2, -0.15) is 4.57 Å². The van der Waals surface area contributed by atoms with Crippen molar-refractivity contribution in [3.8, 4) is 22.4 Å². The Morgan fingerprint density at radius 1 is 0.585 bits per heavy atom. The zero-order valence-electron chi connectivity index (χ0n) is 24.8. The Kier molecular flexibility index (Phi) is 7.78. The molecule has 0 N–H and O–H groups in total. The summed E-state index contributed by atoms with van der Waals surface area (Å²) in [7, 11) is 0. The van der Waals surface area contributed by atoms with Crippen LogP contribution in [0.25, 0.3) is 22.4 Å². The van der Waals surface area contributed by atoms with Crippen LogP contribution in [0.4, 0.5) is 0 Å². The van der Waals surface area contributed by atoms with Gasteiger partial charge in [0.1, 0.15) is 6.54 Å². The molecule has 3 nitrogen and oxygen atoms in total. The van der Waals surface area contributed by atoms with Gasteiger partial charge in [-0.25, -0.2) is 9.13 Å². The lowest BCUT2D eigenvalue weighted by Crippen LogP contribution is -2.37. The molecule has 0 amide bonds. The summed E-state index contributed by atoms with van der Waals surface area (Å²) in [5, 5.41) is 0. The van der Waals surface area contributed by atoms with E-state index in [9.17, 15) is 0 Å². The fraction of sp³-hybridized carbons (Fsp3) is 0.289. The highest BCUT2D eigenvalue weighted by Crippen LogP contribution is 2.53. The average Bonchev–Trinajstić information content (AvgIpc) is 3.26. The predicted octanol–water partition coefficient (Wildman–Crippen LogP) is 7.20. The minimum Gasteiger partial charge on any atom is -0.201 e. The first-order chi connectivity index (χ1) is 20.1. The van der Waals surface area contributed by atoms with Crippen molar-refractivity contribution in [2.45, 2.75) is 71.5 Å². The van der Waals surface area contributed by atoms with E-state index in [0.29, 0.717) is 0 Å². The van der Waals surface area contributed by atoms with E-state index in [1.54, 1.807) is 0 Å². The molecule has 206 valence electrons. The summed E-state index contributed by atoms with van der Waals surface area (Å²) in [5.41, 5.74) is 11.1. The van der Waals surface area contributed by atoms with E-state index in [4.69, 9.17) is 0 Å². The van der Waals surface area contributed by atoms with Gasteiger partial charge >= 0.3 is 0 Å². The highest BCUT2D eigenvalue weighted by molar-refractivity contribution is 5.80. The molecular formula is C38H42N3+3. The zero-order chi connectivity index (χ0) is 28.2. The van der Waals surface area contributed by atoms with E-state index in [2.05, 4.69) is 150 Å². The molecule has 0 radical (unpaired) electrons. The highest BCUT2D eigenvalue weighted by Gasteiger charge is 2.46. The van der Waals surface area contributed by atoms with Crippen LogP contribution in [0.1, 0.15) is 68.7 Å².